The molecule has 3 saturated heterocycles. The molecular formula is C53H58ClFN12O4. The van der Waals surface area contributed by atoms with E-state index in [9.17, 15) is 29.8 Å². The number of amides is 1. The Balaban J connectivity index is 0.810. The van der Waals surface area contributed by atoms with Crippen LogP contribution in [0.3, 0.4) is 0 Å². The van der Waals surface area contributed by atoms with Gasteiger partial charge in [-0.2, -0.15) is 10.2 Å². The summed E-state index contributed by atoms with van der Waals surface area (Å²) in [5.41, 5.74) is 5.85. The summed E-state index contributed by atoms with van der Waals surface area (Å²) in [5.74, 6) is -0.192. The number of phenols is 2. The zero-order chi connectivity index (χ0) is 49.5. The number of hydrogen-bond acceptors (Lipinski definition) is 14. The molecule has 3 fully saturated rings. The molecule has 1 atom stereocenters. The van der Waals surface area contributed by atoms with Crippen molar-refractivity contribution in [3.63, 3.8) is 0 Å². The first-order valence-corrected chi connectivity index (χ1v) is 24.8. The number of carbonyl (C=O) groups is 1. The molecule has 6 heterocycles. The fraction of sp³-hybridized carbons (Fsp3) is 0.396. The lowest BCUT2D eigenvalue weighted by Gasteiger charge is -2.44. The van der Waals surface area contributed by atoms with Crippen LogP contribution in [0.4, 0.5) is 21.8 Å². The topological polar surface area (TPSA) is 177 Å². The van der Waals surface area contributed by atoms with Crippen LogP contribution < -0.4 is 14.7 Å². The number of piperidine rings is 1. The number of nitriles is 1. The standard InChI is InChI=1S/C53H58ClFN12O4/c1-33(2)41-28-42(47(69)29-46(41)68)50-59-60-53(71)67(50)38-12-10-35(11-13-38)30-61-22-24-62(25-23-61)37-15-19-63(20-16-37)52-57-44-32-64(45-9-5-7-36-6-4-8-43(54)48(36)45)21-17-40(44)49(58-52)65-26-27-66(51(70)34(3)55)39(31-65)14-18-56/h4-13,28-29,33,37,39,68-69H,3,14-17,19-27,30-32H2,1-2H3,(H,60,71)/t39-/m0/s1. The van der Waals surface area contributed by atoms with Gasteiger partial charge in [-0.05, 0) is 72.0 Å². The smallest absolute Gasteiger partial charge is 0.319 e. The Bertz CT molecular complexity index is 3010. The average molecular weight is 982 g/mol. The quantitative estimate of drug-likeness (QED) is 0.109. The molecule has 2 aromatic heterocycles. The highest BCUT2D eigenvalue weighted by molar-refractivity contribution is 6.36. The number of piperazine rings is 2. The second-order valence-electron chi connectivity index (χ2n) is 19.4. The Kier molecular flexibility index (Phi) is 13.4. The Labute approximate surface area is 417 Å². The van der Waals surface area contributed by atoms with Crippen molar-refractivity contribution in [2.75, 3.05) is 80.1 Å². The number of rotatable bonds is 11. The fourth-order valence-electron chi connectivity index (χ4n) is 10.9. The highest BCUT2D eigenvalue weighted by atomic mass is 35.5. The van der Waals surface area contributed by atoms with Gasteiger partial charge in [0.2, 0.25) is 5.95 Å². The Morgan fingerprint density at radius 2 is 1.62 bits per heavy atom. The summed E-state index contributed by atoms with van der Waals surface area (Å²) in [6, 6.07) is 24.9. The third-order valence-electron chi connectivity index (χ3n) is 14.7. The first-order chi connectivity index (χ1) is 34.3. The Morgan fingerprint density at radius 3 is 2.34 bits per heavy atom. The van der Waals surface area contributed by atoms with Crippen LogP contribution >= 0.6 is 11.6 Å². The summed E-state index contributed by atoms with van der Waals surface area (Å²) in [6.45, 7) is 15.6. The number of hydrogen-bond donors (Lipinski definition) is 3. The van der Waals surface area contributed by atoms with Crippen molar-refractivity contribution in [2.24, 2.45) is 0 Å². The highest BCUT2D eigenvalue weighted by Crippen LogP contribution is 2.40. The molecule has 4 aromatic carbocycles. The van der Waals surface area contributed by atoms with E-state index in [4.69, 9.17) is 21.6 Å². The first kappa shape index (κ1) is 47.7. The largest absolute Gasteiger partial charge is 0.508 e. The molecule has 0 spiro atoms. The van der Waals surface area contributed by atoms with Gasteiger partial charge >= 0.3 is 6.01 Å². The lowest BCUT2D eigenvalue weighted by atomic mass is 9.98. The molecule has 10 rings (SSSR count). The molecular weight excluding hydrogens is 923 g/mol. The molecule has 6 aromatic rings. The highest BCUT2D eigenvalue weighted by Gasteiger charge is 2.36. The lowest BCUT2D eigenvalue weighted by Crippen LogP contribution is -2.56. The Morgan fingerprint density at radius 1 is 0.873 bits per heavy atom. The number of aromatic nitrogens is 5. The molecule has 1 amide bonds. The minimum atomic E-state index is -1.02. The van der Waals surface area contributed by atoms with E-state index in [0.29, 0.717) is 59.9 Å². The van der Waals surface area contributed by atoms with Crippen molar-refractivity contribution < 1.29 is 24.5 Å². The molecule has 4 aliphatic rings. The summed E-state index contributed by atoms with van der Waals surface area (Å²) in [4.78, 5) is 36.8. The van der Waals surface area contributed by atoms with Crippen molar-refractivity contribution in [1.82, 2.24) is 39.4 Å². The first-order valence-electron chi connectivity index (χ1n) is 24.5. The summed E-state index contributed by atoms with van der Waals surface area (Å²) in [6.07, 6.45) is 2.69. The van der Waals surface area contributed by atoms with E-state index in [0.717, 1.165) is 104 Å². The molecule has 4 aliphatic heterocycles. The van der Waals surface area contributed by atoms with Gasteiger partial charge in [-0.3, -0.25) is 14.6 Å². The lowest BCUT2D eigenvalue weighted by molar-refractivity contribution is -0.131. The van der Waals surface area contributed by atoms with Crippen molar-refractivity contribution in [3.8, 4) is 40.7 Å². The van der Waals surface area contributed by atoms with E-state index < -0.39 is 17.8 Å². The average Bonchev–Trinajstić information content (AvgIpc) is 3.76. The zero-order valence-corrected chi connectivity index (χ0v) is 40.8. The predicted molar refractivity (Wildman–Crippen MR) is 272 cm³/mol. The molecule has 0 radical (unpaired) electrons. The Hall–Kier alpha value is -7.00. The van der Waals surface area contributed by atoms with Crippen molar-refractivity contribution >= 4 is 45.7 Å². The molecule has 0 unspecified atom stereocenters. The van der Waals surface area contributed by atoms with E-state index in [1.165, 1.54) is 15.5 Å². The molecule has 71 heavy (non-hydrogen) atoms. The van der Waals surface area contributed by atoms with Crippen LogP contribution in [0.1, 0.15) is 61.4 Å². The van der Waals surface area contributed by atoms with E-state index in [-0.39, 0.29) is 42.2 Å². The van der Waals surface area contributed by atoms with Crippen molar-refractivity contribution in [3.05, 3.63) is 113 Å². The molecule has 18 heteroatoms. The predicted octanol–water partition coefficient (Wildman–Crippen LogP) is 7.53. The maximum atomic E-state index is 14.1. The maximum Gasteiger partial charge on any atom is 0.319 e. The van der Waals surface area contributed by atoms with Gasteiger partial charge in [0.25, 0.3) is 5.91 Å². The van der Waals surface area contributed by atoms with Crippen molar-refractivity contribution in [2.45, 2.75) is 70.6 Å². The fourth-order valence-corrected chi connectivity index (χ4v) is 11.2. The molecule has 16 nitrogen and oxygen atoms in total. The number of aromatic hydroxyl groups is 3. The van der Waals surface area contributed by atoms with Crippen LogP contribution in [0.2, 0.25) is 5.02 Å². The SMILES string of the molecule is C=C(F)C(=O)N1CCN(c2nc(N3CCC(N4CCN(Cc5ccc(-n6c(O)nnc6-c6cc(C(C)C)c(O)cc6O)cc5)CC4)CC3)nc3c2CCN(c2cccc4cccc(Cl)c24)C3)C[C@@H]1CC#N. The van der Waals surface area contributed by atoms with Crippen LogP contribution in [-0.4, -0.2) is 138 Å². The van der Waals surface area contributed by atoms with Crippen LogP contribution in [0.25, 0.3) is 27.8 Å². The number of fused-ring (bicyclic) bond motifs is 2. The van der Waals surface area contributed by atoms with Gasteiger partial charge in [-0.1, -0.05) is 73.5 Å². The maximum absolute atomic E-state index is 14.1. The van der Waals surface area contributed by atoms with Gasteiger partial charge in [0, 0.05) is 101 Å². The minimum absolute atomic E-state index is 0.000376. The van der Waals surface area contributed by atoms with Gasteiger partial charge in [0.1, 0.15) is 17.3 Å². The number of anilines is 3. The molecule has 0 aliphatic carbocycles. The number of phenolic OH excluding ortho intramolecular Hbond substituents is 2. The summed E-state index contributed by atoms with van der Waals surface area (Å²) < 4.78 is 15.6. The minimum Gasteiger partial charge on any atom is -0.508 e. The van der Waals surface area contributed by atoms with Crippen LogP contribution in [-0.2, 0) is 24.3 Å². The second-order valence-corrected chi connectivity index (χ2v) is 19.8. The molecule has 3 N–H and O–H groups in total. The van der Waals surface area contributed by atoms with Gasteiger partial charge in [-0.25, -0.2) is 13.9 Å². The monoisotopic (exact) mass is 980 g/mol. The van der Waals surface area contributed by atoms with Crippen LogP contribution in [0.15, 0.2) is 85.2 Å². The van der Waals surface area contributed by atoms with Crippen molar-refractivity contribution in [1.29, 1.82) is 5.26 Å². The summed E-state index contributed by atoms with van der Waals surface area (Å²) in [7, 11) is 0. The number of nitrogens with zero attached hydrogens (tertiary/aromatic N) is 12. The second kappa shape index (κ2) is 20.0. The van der Waals surface area contributed by atoms with Gasteiger partial charge in [-0.15, -0.1) is 5.10 Å². The van der Waals surface area contributed by atoms with E-state index in [1.54, 1.807) is 6.07 Å². The number of benzene rings is 4. The summed E-state index contributed by atoms with van der Waals surface area (Å²) in [5, 5.41) is 52.5. The third-order valence-corrected chi connectivity index (χ3v) is 15.0. The van der Waals surface area contributed by atoms with Gasteiger partial charge in [0.05, 0.1) is 47.0 Å². The zero-order valence-electron chi connectivity index (χ0n) is 40.1. The van der Waals surface area contributed by atoms with Gasteiger partial charge in [0.15, 0.2) is 11.7 Å². The third kappa shape index (κ3) is 9.51. The van der Waals surface area contributed by atoms with E-state index in [1.807, 2.05) is 50.2 Å². The van der Waals surface area contributed by atoms with Crippen LogP contribution in [0, 0.1) is 11.3 Å². The summed E-state index contributed by atoms with van der Waals surface area (Å²) >= 11 is 6.82. The number of halogens is 2. The van der Waals surface area contributed by atoms with Crippen LogP contribution in [0.5, 0.6) is 17.5 Å². The normalized spacial score (nSPS) is 18.3. The van der Waals surface area contributed by atoms with E-state index in [2.05, 4.69) is 71.6 Å². The molecule has 0 bridgehead atoms. The molecule has 368 valence electrons. The molecule has 0 saturated carbocycles. The van der Waals surface area contributed by atoms with Gasteiger partial charge < -0.3 is 34.9 Å². The number of carbonyl (C=O) groups excluding carboxylic acids is 1. The van der Waals surface area contributed by atoms with E-state index >= 15 is 0 Å².